The van der Waals surface area contributed by atoms with Crippen molar-refractivity contribution < 1.29 is 24.1 Å². The minimum Gasteiger partial charge on any atom is -0.318 e. The zero-order valence-electron chi connectivity index (χ0n) is 24.3. The predicted molar refractivity (Wildman–Crippen MR) is 173 cm³/mol. The summed E-state index contributed by atoms with van der Waals surface area (Å²) in [7, 11) is 0. The Balaban J connectivity index is 1.29. The molecule has 5 aromatic rings. The molecular formula is C36H26N2O6S. The monoisotopic (exact) mass is 614 g/mol. The first-order valence-electron chi connectivity index (χ1n) is 13.8. The van der Waals surface area contributed by atoms with Gasteiger partial charge in [-0.3, -0.25) is 19.7 Å². The first kappa shape index (κ1) is 30.8. The largest absolute Gasteiger partial charge is 0.332 e. The molecule has 0 N–H and O–H groups in total. The van der Waals surface area contributed by atoms with Gasteiger partial charge < -0.3 is 4.84 Å². The second-order valence-corrected chi connectivity index (χ2v) is 11.2. The van der Waals surface area contributed by atoms with Crippen LogP contribution in [0.5, 0.6) is 0 Å². The molecule has 0 heterocycles. The van der Waals surface area contributed by atoms with Crippen molar-refractivity contribution in [2.75, 3.05) is 0 Å². The molecule has 0 aliphatic heterocycles. The van der Waals surface area contributed by atoms with E-state index in [4.69, 9.17) is 4.84 Å². The Labute approximate surface area is 263 Å². The summed E-state index contributed by atoms with van der Waals surface area (Å²) in [6.07, 6.45) is 0. The van der Waals surface area contributed by atoms with E-state index in [1.807, 2.05) is 66.7 Å². The minimum absolute atomic E-state index is 0.0702. The summed E-state index contributed by atoms with van der Waals surface area (Å²) in [6, 6.07) is 35.6. The van der Waals surface area contributed by atoms with Gasteiger partial charge in [-0.25, -0.2) is 4.79 Å². The Morgan fingerprint density at radius 1 is 0.711 bits per heavy atom. The average Bonchev–Trinajstić information content (AvgIpc) is 3.06. The molecule has 5 rings (SSSR count). The van der Waals surface area contributed by atoms with Crippen molar-refractivity contribution in [3.05, 3.63) is 159 Å². The summed E-state index contributed by atoms with van der Waals surface area (Å²) >= 11 is 1.45. The summed E-state index contributed by atoms with van der Waals surface area (Å²) in [6.45, 7) is 2.82. The van der Waals surface area contributed by atoms with Gasteiger partial charge in [-0.1, -0.05) is 77.6 Å². The molecule has 0 fully saturated rings. The number of non-ortho nitro benzene ring substituents is 1. The lowest BCUT2D eigenvalue weighted by Gasteiger charge is -2.09. The second-order valence-electron chi connectivity index (χ2n) is 10.0. The zero-order valence-corrected chi connectivity index (χ0v) is 25.1. The fourth-order valence-corrected chi connectivity index (χ4v) is 5.35. The minimum atomic E-state index is -0.733. The third kappa shape index (κ3) is 7.46. The van der Waals surface area contributed by atoms with Crippen molar-refractivity contribution in [2.24, 2.45) is 5.16 Å². The maximum atomic E-state index is 13.4. The van der Waals surface area contributed by atoms with E-state index in [-0.39, 0.29) is 28.3 Å². The Bertz CT molecular complexity index is 1920. The van der Waals surface area contributed by atoms with Crippen LogP contribution in [0.2, 0.25) is 0 Å². The molecule has 0 bridgehead atoms. The van der Waals surface area contributed by atoms with Gasteiger partial charge in [-0.05, 0) is 72.1 Å². The molecule has 0 saturated heterocycles. The van der Waals surface area contributed by atoms with Crippen LogP contribution in [0.4, 0.5) is 5.69 Å². The SMILES string of the molecule is CC(=O)O/N=C(/C(=O)c1ccc(Sc2ccc(C(=O)c3ccc(-c4ccccc4)cc3)cc2)cc1)c1cc([N+](=O)[O-])ccc1C. The quantitative estimate of drug-likeness (QED) is 0.0513. The standard InChI is InChI=1S/C36H26N2O6S/c1-23-8-17-30(38(42)43)22-33(23)34(37-44-24(2)39)36(41)29-15-20-32(21-16-29)45-31-18-13-28(14-19-31)35(40)27-11-9-26(10-12-27)25-6-4-3-5-7-25/h3-22H,1-2H3/b37-34+. The maximum absolute atomic E-state index is 13.4. The van der Waals surface area contributed by atoms with Crippen molar-refractivity contribution in [3.8, 4) is 11.1 Å². The number of ketones is 2. The molecule has 222 valence electrons. The van der Waals surface area contributed by atoms with Crippen molar-refractivity contribution in [1.29, 1.82) is 0 Å². The van der Waals surface area contributed by atoms with Crippen molar-refractivity contribution in [3.63, 3.8) is 0 Å². The van der Waals surface area contributed by atoms with Crippen LogP contribution in [0.25, 0.3) is 11.1 Å². The lowest BCUT2D eigenvalue weighted by Crippen LogP contribution is -2.18. The molecule has 0 atom stereocenters. The highest BCUT2D eigenvalue weighted by Crippen LogP contribution is 2.29. The van der Waals surface area contributed by atoms with E-state index >= 15 is 0 Å². The first-order valence-corrected chi connectivity index (χ1v) is 14.6. The van der Waals surface area contributed by atoms with Crippen LogP contribution in [0.1, 0.15) is 44.3 Å². The number of nitrogens with zero attached hydrogens (tertiary/aromatic N) is 2. The van der Waals surface area contributed by atoms with Crippen molar-refractivity contribution in [1.82, 2.24) is 0 Å². The predicted octanol–water partition coefficient (Wildman–Crippen LogP) is 8.10. The fourth-order valence-electron chi connectivity index (χ4n) is 4.53. The third-order valence-corrected chi connectivity index (χ3v) is 7.91. The van der Waals surface area contributed by atoms with E-state index in [0.29, 0.717) is 16.7 Å². The highest BCUT2D eigenvalue weighted by atomic mass is 32.2. The second kappa shape index (κ2) is 13.7. The van der Waals surface area contributed by atoms with E-state index in [0.717, 1.165) is 27.8 Å². The fraction of sp³-hybridized carbons (Fsp3) is 0.0556. The number of rotatable bonds is 10. The van der Waals surface area contributed by atoms with Crippen LogP contribution >= 0.6 is 11.8 Å². The number of benzene rings is 5. The van der Waals surface area contributed by atoms with Crippen LogP contribution in [0, 0.1) is 17.0 Å². The number of hydrogen-bond acceptors (Lipinski definition) is 8. The van der Waals surface area contributed by atoms with E-state index < -0.39 is 16.7 Å². The molecule has 9 heteroatoms. The van der Waals surface area contributed by atoms with Crippen LogP contribution < -0.4 is 0 Å². The molecule has 0 aromatic heterocycles. The Hall–Kier alpha value is -5.67. The molecule has 0 aliphatic rings. The first-order chi connectivity index (χ1) is 21.7. The highest BCUT2D eigenvalue weighted by Gasteiger charge is 2.22. The van der Waals surface area contributed by atoms with Gasteiger partial charge in [-0.15, -0.1) is 0 Å². The normalized spacial score (nSPS) is 11.1. The van der Waals surface area contributed by atoms with Crippen LogP contribution in [-0.2, 0) is 9.63 Å². The number of nitro groups is 1. The van der Waals surface area contributed by atoms with Crippen LogP contribution in [-0.4, -0.2) is 28.2 Å². The Kier molecular flexibility index (Phi) is 9.40. The number of aryl methyl sites for hydroxylation is 1. The topological polar surface area (TPSA) is 116 Å². The van der Waals surface area contributed by atoms with Crippen LogP contribution in [0.3, 0.4) is 0 Å². The third-order valence-electron chi connectivity index (χ3n) is 6.89. The Morgan fingerprint density at radius 2 is 1.24 bits per heavy atom. The van der Waals surface area contributed by atoms with E-state index in [1.54, 1.807) is 43.3 Å². The summed E-state index contributed by atoms with van der Waals surface area (Å²) in [4.78, 5) is 55.2. The maximum Gasteiger partial charge on any atom is 0.332 e. The number of carbonyl (C=O) groups excluding carboxylic acids is 3. The van der Waals surface area contributed by atoms with E-state index in [9.17, 15) is 24.5 Å². The van der Waals surface area contributed by atoms with Gasteiger partial charge in [0.1, 0.15) is 0 Å². The van der Waals surface area contributed by atoms with Gasteiger partial charge in [0.25, 0.3) is 5.69 Å². The molecule has 0 spiro atoms. The lowest BCUT2D eigenvalue weighted by atomic mass is 9.97. The van der Waals surface area contributed by atoms with Gasteiger partial charge in [0, 0.05) is 51.1 Å². The van der Waals surface area contributed by atoms with Crippen molar-refractivity contribution >= 4 is 40.7 Å². The lowest BCUT2D eigenvalue weighted by molar-refractivity contribution is -0.384. The smallest absolute Gasteiger partial charge is 0.318 e. The van der Waals surface area contributed by atoms with Gasteiger partial charge in [0.05, 0.1) is 4.92 Å². The number of carbonyl (C=O) groups is 3. The number of oxime groups is 1. The molecular weight excluding hydrogens is 588 g/mol. The molecule has 45 heavy (non-hydrogen) atoms. The summed E-state index contributed by atoms with van der Waals surface area (Å²) in [5.41, 5.74) is 3.86. The molecule has 0 radical (unpaired) electrons. The number of nitro benzene ring substituents is 1. The number of hydrogen-bond donors (Lipinski definition) is 0. The van der Waals surface area contributed by atoms with Crippen LogP contribution in [0.15, 0.2) is 136 Å². The van der Waals surface area contributed by atoms with E-state index in [2.05, 4.69) is 5.16 Å². The molecule has 8 nitrogen and oxygen atoms in total. The highest BCUT2D eigenvalue weighted by molar-refractivity contribution is 7.99. The summed E-state index contributed by atoms with van der Waals surface area (Å²) in [5.74, 6) is -1.36. The molecule has 0 saturated carbocycles. The van der Waals surface area contributed by atoms with E-state index in [1.165, 1.54) is 30.0 Å². The molecule has 0 unspecified atom stereocenters. The molecule has 5 aromatic carbocycles. The molecule has 0 amide bonds. The van der Waals surface area contributed by atoms with Gasteiger partial charge in [0.2, 0.25) is 5.78 Å². The van der Waals surface area contributed by atoms with Gasteiger partial charge in [-0.2, -0.15) is 0 Å². The molecule has 0 aliphatic carbocycles. The van der Waals surface area contributed by atoms with Gasteiger partial charge in [0.15, 0.2) is 11.5 Å². The van der Waals surface area contributed by atoms with Crippen molar-refractivity contribution in [2.45, 2.75) is 23.6 Å². The average molecular weight is 615 g/mol. The summed E-state index contributed by atoms with van der Waals surface area (Å²) in [5, 5.41) is 15.1. The zero-order chi connectivity index (χ0) is 31.9. The van der Waals surface area contributed by atoms with Gasteiger partial charge >= 0.3 is 5.97 Å². The Morgan fingerprint density at radius 3 is 1.80 bits per heavy atom. The summed E-state index contributed by atoms with van der Waals surface area (Å²) < 4.78 is 0. The number of Topliss-reactive ketones (excluding diaryl/α,β-unsaturated/α-hetero) is 1.